The number of methoxy groups -OCH3 is 1. The molecule has 0 aromatic heterocycles. The summed E-state index contributed by atoms with van der Waals surface area (Å²) >= 11 is 6.03. The molecule has 1 atom stereocenters. The highest BCUT2D eigenvalue weighted by Gasteiger charge is 2.29. The quantitative estimate of drug-likeness (QED) is 0.892. The predicted octanol–water partition coefficient (Wildman–Crippen LogP) is 3.00. The number of carbonyl (C=O) groups excluding carboxylic acids is 1. The zero-order chi connectivity index (χ0) is 16.2. The van der Waals surface area contributed by atoms with Crippen molar-refractivity contribution < 1.29 is 24.2 Å². The second kappa shape index (κ2) is 6.67. The first-order chi connectivity index (χ1) is 9.65. The van der Waals surface area contributed by atoms with E-state index in [9.17, 15) is 14.7 Å². The van der Waals surface area contributed by atoms with Crippen LogP contribution in [0.3, 0.4) is 0 Å². The normalized spacial score (nSPS) is 12.4. The number of nitrogens with one attached hydrogen (secondary N) is 1. The topological polar surface area (TPSA) is 84.9 Å². The first-order valence-electron chi connectivity index (χ1n) is 6.20. The molecular weight excluding hydrogens is 298 g/mol. The number of amides is 1. The van der Waals surface area contributed by atoms with E-state index in [1.165, 1.54) is 13.2 Å². The van der Waals surface area contributed by atoms with E-state index in [2.05, 4.69) is 5.32 Å². The number of hydrogen-bond donors (Lipinski definition) is 2. The Hall–Kier alpha value is -1.95. The lowest BCUT2D eigenvalue weighted by Crippen LogP contribution is -2.38. The SMILES string of the molecule is COc1cccc(Cl)c1C(NC(=O)OC(C)(C)C)C(=O)O. The molecule has 0 fully saturated rings. The van der Waals surface area contributed by atoms with Crippen molar-refractivity contribution in [1.82, 2.24) is 5.32 Å². The molecule has 0 aliphatic carbocycles. The fraction of sp³-hybridized carbons (Fsp3) is 0.429. The molecule has 0 saturated carbocycles. The Balaban J connectivity index is 3.09. The van der Waals surface area contributed by atoms with Crippen LogP contribution in [0.25, 0.3) is 0 Å². The van der Waals surface area contributed by atoms with Gasteiger partial charge in [-0.05, 0) is 32.9 Å². The fourth-order valence-corrected chi connectivity index (χ4v) is 1.93. The van der Waals surface area contributed by atoms with Gasteiger partial charge >= 0.3 is 12.1 Å². The van der Waals surface area contributed by atoms with Crippen LogP contribution in [-0.2, 0) is 9.53 Å². The summed E-state index contributed by atoms with van der Waals surface area (Å²) in [4.78, 5) is 23.2. The summed E-state index contributed by atoms with van der Waals surface area (Å²) in [5.41, 5.74) is -0.572. The highest BCUT2D eigenvalue weighted by Crippen LogP contribution is 2.32. The Kier molecular flexibility index (Phi) is 5.43. The number of ether oxygens (including phenoxy) is 2. The van der Waals surface area contributed by atoms with Gasteiger partial charge in [0.2, 0.25) is 0 Å². The van der Waals surface area contributed by atoms with Gasteiger partial charge in [-0.25, -0.2) is 9.59 Å². The van der Waals surface area contributed by atoms with Crippen molar-refractivity contribution in [2.24, 2.45) is 0 Å². The van der Waals surface area contributed by atoms with E-state index in [0.717, 1.165) is 0 Å². The number of carbonyl (C=O) groups is 2. The highest BCUT2D eigenvalue weighted by atomic mass is 35.5. The maximum atomic E-state index is 11.8. The monoisotopic (exact) mass is 315 g/mol. The van der Waals surface area contributed by atoms with Crippen LogP contribution in [-0.4, -0.2) is 29.9 Å². The Labute approximate surface area is 128 Å². The summed E-state index contributed by atoms with van der Waals surface area (Å²) in [5.74, 6) is -1.00. The average molecular weight is 316 g/mol. The van der Waals surface area contributed by atoms with Crippen LogP contribution >= 0.6 is 11.6 Å². The van der Waals surface area contributed by atoms with E-state index in [-0.39, 0.29) is 16.3 Å². The van der Waals surface area contributed by atoms with Gasteiger partial charge in [-0.1, -0.05) is 17.7 Å². The van der Waals surface area contributed by atoms with E-state index >= 15 is 0 Å². The van der Waals surface area contributed by atoms with Crippen LogP contribution in [0.1, 0.15) is 32.4 Å². The molecule has 0 radical (unpaired) electrons. The first-order valence-corrected chi connectivity index (χ1v) is 6.58. The molecule has 0 bridgehead atoms. The molecule has 1 unspecified atom stereocenters. The molecule has 6 nitrogen and oxygen atoms in total. The minimum atomic E-state index is -1.37. The molecule has 0 heterocycles. The van der Waals surface area contributed by atoms with E-state index in [0.29, 0.717) is 0 Å². The molecule has 0 saturated heterocycles. The van der Waals surface area contributed by atoms with Crippen molar-refractivity contribution in [3.63, 3.8) is 0 Å². The highest BCUT2D eigenvalue weighted by molar-refractivity contribution is 6.31. The molecule has 0 aliphatic heterocycles. The summed E-state index contributed by atoms with van der Waals surface area (Å²) in [6, 6.07) is 3.33. The van der Waals surface area contributed by atoms with Gasteiger partial charge in [0.15, 0.2) is 6.04 Å². The Morgan fingerprint density at radius 2 is 1.95 bits per heavy atom. The third-order valence-corrected chi connectivity index (χ3v) is 2.76. The third-order valence-electron chi connectivity index (χ3n) is 2.43. The number of carboxylic acids is 1. The summed E-state index contributed by atoms with van der Waals surface area (Å²) < 4.78 is 10.2. The van der Waals surface area contributed by atoms with Crippen molar-refractivity contribution in [2.75, 3.05) is 7.11 Å². The lowest BCUT2D eigenvalue weighted by molar-refractivity contribution is -0.139. The number of alkyl carbamates (subject to hydrolysis) is 1. The summed E-state index contributed by atoms with van der Waals surface area (Å²) in [6.45, 7) is 5.04. The van der Waals surface area contributed by atoms with Gasteiger partial charge in [0.05, 0.1) is 12.1 Å². The predicted molar refractivity (Wildman–Crippen MR) is 77.8 cm³/mol. The molecule has 7 heteroatoms. The fourth-order valence-electron chi connectivity index (χ4n) is 1.66. The van der Waals surface area contributed by atoms with Crippen molar-refractivity contribution in [3.05, 3.63) is 28.8 Å². The maximum Gasteiger partial charge on any atom is 0.408 e. The number of halogens is 1. The van der Waals surface area contributed by atoms with Crippen molar-refractivity contribution in [2.45, 2.75) is 32.4 Å². The van der Waals surface area contributed by atoms with Crippen LogP contribution in [0.15, 0.2) is 18.2 Å². The lowest BCUT2D eigenvalue weighted by atomic mass is 10.1. The van der Waals surface area contributed by atoms with Crippen LogP contribution < -0.4 is 10.1 Å². The minimum absolute atomic E-state index is 0.167. The molecule has 1 amide bonds. The van der Waals surface area contributed by atoms with Crippen molar-refractivity contribution in [1.29, 1.82) is 0 Å². The second-order valence-corrected chi connectivity index (χ2v) is 5.68. The summed E-state index contributed by atoms with van der Waals surface area (Å²) in [7, 11) is 1.39. The molecular formula is C14H18ClNO5. The molecule has 116 valence electrons. The standard InChI is InChI=1S/C14H18ClNO5/c1-14(2,3)21-13(19)16-11(12(17)18)10-8(15)6-5-7-9(10)20-4/h5-7,11H,1-4H3,(H,16,19)(H,17,18). The molecule has 0 spiro atoms. The lowest BCUT2D eigenvalue weighted by Gasteiger charge is -2.23. The van der Waals surface area contributed by atoms with Gasteiger partial charge in [-0.15, -0.1) is 0 Å². The maximum absolute atomic E-state index is 11.8. The largest absolute Gasteiger partial charge is 0.496 e. The van der Waals surface area contributed by atoms with E-state index in [1.807, 2.05) is 0 Å². The van der Waals surface area contributed by atoms with Crippen LogP contribution in [0.5, 0.6) is 5.75 Å². The van der Waals surface area contributed by atoms with Crippen LogP contribution in [0.4, 0.5) is 4.79 Å². The zero-order valence-electron chi connectivity index (χ0n) is 12.3. The number of benzene rings is 1. The molecule has 1 rings (SSSR count). The van der Waals surface area contributed by atoms with Crippen LogP contribution in [0.2, 0.25) is 5.02 Å². The molecule has 1 aromatic rings. The van der Waals surface area contributed by atoms with E-state index < -0.39 is 23.7 Å². The first kappa shape index (κ1) is 17.1. The second-order valence-electron chi connectivity index (χ2n) is 5.27. The van der Waals surface area contributed by atoms with Gasteiger partial charge in [0, 0.05) is 5.56 Å². The van der Waals surface area contributed by atoms with Gasteiger partial charge in [0.25, 0.3) is 0 Å². The Morgan fingerprint density at radius 1 is 1.33 bits per heavy atom. The number of rotatable bonds is 4. The van der Waals surface area contributed by atoms with Gasteiger partial charge in [-0.3, -0.25) is 0 Å². The summed E-state index contributed by atoms with van der Waals surface area (Å²) in [5, 5.41) is 11.8. The number of aliphatic carboxylic acids is 1. The molecule has 0 aliphatic rings. The number of carboxylic acid groups (broad SMARTS) is 1. The Morgan fingerprint density at radius 3 is 2.43 bits per heavy atom. The average Bonchev–Trinajstić information content (AvgIpc) is 2.33. The third kappa shape index (κ3) is 4.82. The minimum Gasteiger partial charge on any atom is -0.496 e. The molecule has 21 heavy (non-hydrogen) atoms. The van der Waals surface area contributed by atoms with Gasteiger partial charge in [0.1, 0.15) is 11.4 Å². The van der Waals surface area contributed by atoms with Gasteiger partial charge < -0.3 is 19.9 Å². The van der Waals surface area contributed by atoms with Gasteiger partial charge in [-0.2, -0.15) is 0 Å². The van der Waals surface area contributed by atoms with Crippen LogP contribution in [0, 0.1) is 0 Å². The van der Waals surface area contributed by atoms with Crippen molar-refractivity contribution >= 4 is 23.7 Å². The molecule has 1 aromatic carbocycles. The molecule has 2 N–H and O–H groups in total. The summed E-state index contributed by atoms with van der Waals surface area (Å²) in [6.07, 6.45) is -0.850. The zero-order valence-corrected chi connectivity index (χ0v) is 13.0. The Bertz CT molecular complexity index is 539. The smallest absolute Gasteiger partial charge is 0.408 e. The number of hydrogen-bond acceptors (Lipinski definition) is 4. The van der Waals surface area contributed by atoms with E-state index in [1.54, 1.807) is 32.9 Å². The van der Waals surface area contributed by atoms with Crippen molar-refractivity contribution in [3.8, 4) is 5.75 Å². The van der Waals surface area contributed by atoms with E-state index in [4.69, 9.17) is 21.1 Å².